The van der Waals surface area contributed by atoms with Gasteiger partial charge in [-0.25, -0.2) is 5.10 Å². The second-order valence-corrected chi connectivity index (χ2v) is 5.64. The van der Waals surface area contributed by atoms with Gasteiger partial charge in [0.25, 0.3) is 11.5 Å². The van der Waals surface area contributed by atoms with Gasteiger partial charge in [-0.05, 0) is 31.6 Å². The molecule has 1 aromatic rings. The summed E-state index contributed by atoms with van der Waals surface area (Å²) in [5.41, 5.74) is -0.0347. The van der Waals surface area contributed by atoms with E-state index in [1.54, 1.807) is 0 Å². The average molecular weight is 267 g/mol. The predicted molar refractivity (Wildman–Crippen MR) is 71.9 cm³/mol. The molecule has 6 heteroatoms. The van der Waals surface area contributed by atoms with E-state index in [4.69, 9.17) is 0 Å². The Kier molecular flexibility index (Phi) is 4.41. The van der Waals surface area contributed by atoms with E-state index in [2.05, 4.69) is 21.8 Å². The molecule has 1 amide bonds. The zero-order valence-electron chi connectivity index (χ0n) is 10.3. The quantitative estimate of drug-likeness (QED) is 0.862. The molecule has 1 aromatic heterocycles. The summed E-state index contributed by atoms with van der Waals surface area (Å²) in [5, 5.41) is 9.61. The first-order valence-electron chi connectivity index (χ1n) is 6.08. The number of nitrogens with zero attached hydrogens (tertiary/aromatic N) is 1. The second kappa shape index (κ2) is 6.04. The van der Waals surface area contributed by atoms with E-state index in [-0.39, 0.29) is 23.2 Å². The minimum atomic E-state index is -0.299. The molecule has 0 bridgehead atoms. The smallest absolute Gasteiger partial charge is 0.271 e. The van der Waals surface area contributed by atoms with Gasteiger partial charge in [0.2, 0.25) is 0 Å². The number of aromatic amines is 1. The van der Waals surface area contributed by atoms with Crippen molar-refractivity contribution in [1.29, 1.82) is 0 Å². The number of carbonyl (C=O) groups excluding carboxylic acids is 1. The normalized spacial score (nSPS) is 23.6. The fourth-order valence-corrected chi connectivity index (χ4v) is 3.05. The lowest BCUT2D eigenvalue weighted by atomic mass is 9.95. The summed E-state index contributed by atoms with van der Waals surface area (Å²) >= 11 is 1.86. The Balaban J connectivity index is 1.94. The van der Waals surface area contributed by atoms with Gasteiger partial charge < -0.3 is 5.32 Å². The SMILES string of the molecule is CSC1CCCC(NC(=O)c2ccc(=O)[nH]n2)C1. The molecule has 1 fully saturated rings. The van der Waals surface area contributed by atoms with Gasteiger partial charge in [-0.1, -0.05) is 6.42 Å². The van der Waals surface area contributed by atoms with Gasteiger partial charge in [0.1, 0.15) is 5.69 Å². The number of rotatable bonds is 3. The number of hydrogen-bond donors (Lipinski definition) is 2. The Morgan fingerprint density at radius 2 is 2.33 bits per heavy atom. The van der Waals surface area contributed by atoms with Gasteiger partial charge in [-0.15, -0.1) is 0 Å². The molecular weight excluding hydrogens is 250 g/mol. The molecule has 2 unspecified atom stereocenters. The minimum Gasteiger partial charge on any atom is -0.348 e. The van der Waals surface area contributed by atoms with Gasteiger partial charge in [0, 0.05) is 17.4 Å². The van der Waals surface area contributed by atoms with Crippen LogP contribution in [-0.2, 0) is 0 Å². The Labute approximate surface area is 110 Å². The Morgan fingerprint density at radius 1 is 1.50 bits per heavy atom. The third-order valence-electron chi connectivity index (χ3n) is 3.21. The Hall–Kier alpha value is -1.30. The molecule has 98 valence electrons. The zero-order valence-corrected chi connectivity index (χ0v) is 11.1. The molecule has 2 atom stereocenters. The standard InChI is InChI=1S/C12H17N3O2S/c1-18-9-4-2-3-8(7-9)13-12(17)10-5-6-11(16)15-14-10/h5-6,8-9H,2-4,7H2,1H3,(H,13,17)(H,15,16). The van der Waals surface area contributed by atoms with Crippen molar-refractivity contribution in [2.24, 2.45) is 0 Å². The number of aromatic nitrogens is 2. The molecule has 18 heavy (non-hydrogen) atoms. The fourth-order valence-electron chi connectivity index (χ4n) is 2.22. The molecule has 1 aliphatic carbocycles. The number of amides is 1. The number of hydrogen-bond acceptors (Lipinski definition) is 4. The molecule has 0 aromatic carbocycles. The first-order valence-corrected chi connectivity index (χ1v) is 7.37. The molecule has 0 aliphatic heterocycles. The van der Waals surface area contributed by atoms with E-state index in [0.717, 1.165) is 19.3 Å². The molecule has 1 aliphatic rings. The van der Waals surface area contributed by atoms with Gasteiger partial charge in [0.05, 0.1) is 0 Å². The van der Waals surface area contributed by atoms with Crippen LogP contribution >= 0.6 is 11.8 Å². The van der Waals surface area contributed by atoms with Crippen molar-refractivity contribution in [2.45, 2.75) is 37.0 Å². The summed E-state index contributed by atoms with van der Waals surface area (Å²) in [7, 11) is 0. The van der Waals surface area contributed by atoms with E-state index in [0.29, 0.717) is 5.25 Å². The summed E-state index contributed by atoms with van der Waals surface area (Å²) in [4.78, 5) is 22.8. The number of carbonyl (C=O) groups is 1. The van der Waals surface area contributed by atoms with Crippen LogP contribution in [0.5, 0.6) is 0 Å². The molecule has 2 N–H and O–H groups in total. The molecule has 1 saturated carbocycles. The molecular formula is C12H17N3O2S. The Morgan fingerprint density at radius 3 is 3.00 bits per heavy atom. The maximum absolute atomic E-state index is 11.9. The van der Waals surface area contributed by atoms with Crippen molar-refractivity contribution < 1.29 is 4.79 Å². The lowest BCUT2D eigenvalue weighted by Gasteiger charge is -2.28. The lowest BCUT2D eigenvalue weighted by molar-refractivity contribution is 0.0922. The van der Waals surface area contributed by atoms with E-state index in [9.17, 15) is 9.59 Å². The van der Waals surface area contributed by atoms with Crippen molar-refractivity contribution in [3.63, 3.8) is 0 Å². The van der Waals surface area contributed by atoms with Crippen molar-refractivity contribution in [3.05, 3.63) is 28.2 Å². The predicted octanol–water partition coefficient (Wildman–Crippen LogP) is 1.17. The molecule has 1 heterocycles. The van der Waals surface area contributed by atoms with Crippen LogP contribution in [0.3, 0.4) is 0 Å². The third kappa shape index (κ3) is 3.35. The summed E-state index contributed by atoms with van der Waals surface area (Å²) in [6, 6.07) is 2.98. The van der Waals surface area contributed by atoms with E-state index in [1.165, 1.54) is 18.6 Å². The molecule has 0 spiro atoms. The van der Waals surface area contributed by atoms with Crippen LogP contribution in [0.15, 0.2) is 16.9 Å². The first kappa shape index (κ1) is 13.1. The molecule has 2 rings (SSSR count). The average Bonchev–Trinajstić information content (AvgIpc) is 2.39. The largest absolute Gasteiger partial charge is 0.348 e. The van der Waals surface area contributed by atoms with Crippen molar-refractivity contribution >= 4 is 17.7 Å². The minimum absolute atomic E-state index is 0.210. The van der Waals surface area contributed by atoms with Gasteiger partial charge in [-0.3, -0.25) is 9.59 Å². The summed E-state index contributed by atoms with van der Waals surface area (Å²) in [6.07, 6.45) is 6.51. The molecule has 0 saturated heterocycles. The van der Waals surface area contributed by atoms with Crippen molar-refractivity contribution in [1.82, 2.24) is 15.5 Å². The van der Waals surface area contributed by atoms with Crippen LogP contribution in [0.2, 0.25) is 0 Å². The summed E-state index contributed by atoms with van der Waals surface area (Å²) in [5.74, 6) is -0.210. The monoisotopic (exact) mass is 267 g/mol. The van der Waals surface area contributed by atoms with Gasteiger partial charge >= 0.3 is 0 Å². The number of nitrogens with one attached hydrogen (secondary N) is 2. The highest BCUT2D eigenvalue weighted by atomic mass is 32.2. The van der Waals surface area contributed by atoms with Crippen LogP contribution < -0.4 is 10.9 Å². The van der Waals surface area contributed by atoms with Gasteiger partial charge in [-0.2, -0.15) is 16.9 Å². The second-order valence-electron chi connectivity index (χ2n) is 4.50. The van der Waals surface area contributed by atoms with Crippen molar-refractivity contribution in [2.75, 3.05) is 6.26 Å². The topological polar surface area (TPSA) is 74.8 Å². The van der Waals surface area contributed by atoms with Crippen molar-refractivity contribution in [3.8, 4) is 0 Å². The first-order chi connectivity index (χ1) is 8.69. The number of thioether (sulfide) groups is 1. The highest BCUT2D eigenvalue weighted by molar-refractivity contribution is 7.99. The van der Waals surface area contributed by atoms with Gasteiger partial charge in [0.15, 0.2) is 0 Å². The van der Waals surface area contributed by atoms with E-state index in [1.807, 2.05) is 11.8 Å². The van der Waals surface area contributed by atoms with E-state index < -0.39 is 0 Å². The summed E-state index contributed by atoms with van der Waals surface area (Å²) in [6.45, 7) is 0. The van der Waals surface area contributed by atoms with Crippen LogP contribution in [0, 0.1) is 0 Å². The van der Waals surface area contributed by atoms with Crippen LogP contribution in [0.25, 0.3) is 0 Å². The Bertz CT molecular complexity index is 454. The van der Waals surface area contributed by atoms with E-state index >= 15 is 0 Å². The fraction of sp³-hybridized carbons (Fsp3) is 0.583. The summed E-state index contributed by atoms with van der Waals surface area (Å²) < 4.78 is 0. The molecule has 5 nitrogen and oxygen atoms in total. The highest BCUT2D eigenvalue weighted by Gasteiger charge is 2.23. The maximum Gasteiger partial charge on any atom is 0.271 e. The lowest BCUT2D eigenvalue weighted by Crippen LogP contribution is -2.39. The highest BCUT2D eigenvalue weighted by Crippen LogP contribution is 2.26. The zero-order chi connectivity index (χ0) is 13.0. The van der Waals surface area contributed by atoms with Crippen LogP contribution in [0.1, 0.15) is 36.2 Å². The number of H-pyrrole nitrogens is 1. The molecule has 0 radical (unpaired) electrons. The maximum atomic E-state index is 11.9. The van der Waals surface area contributed by atoms with Crippen LogP contribution in [0.4, 0.5) is 0 Å². The van der Waals surface area contributed by atoms with Crippen LogP contribution in [-0.4, -0.2) is 33.7 Å². The third-order valence-corrected chi connectivity index (χ3v) is 4.30.